The van der Waals surface area contributed by atoms with Gasteiger partial charge >= 0.3 is 77.5 Å². The molecule has 2 aromatic rings. The Morgan fingerprint density at radius 1 is 0.696 bits per heavy atom. The summed E-state index contributed by atoms with van der Waals surface area (Å²) in [4.78, 5) is 59.9. The van der Waals surface area contributed by atoms with Crippen LogP contribution in [-0.4, -0.2) is 122 Å². The third kappa shape index (κ3) is 11.8. The van der Waals surface area contributed by atoms with E-state index >= 15 is 0 Å². The van der Waals surface area contributed by atoms with E-state index in [2.05, 4.69) is 17.4 Å². The van der Waals surface area contributed by atoms with Crippen LogP contribution >= 0.6 is 0 Å². The van der Waals surface area contributed by atoms with Crippen LogP contribution in [0.25, 0.3) is 0 Å². The van der Waals surface area contributed by atoms with E-state index in [4.69, 9.17) is 0 Å². The summed E-state index contributed by atoms with van der Waals surface area (Å²) in [6.07, 6.45) is 2.21. The molecule has 0 bridgehead atoms. The van der Waals surface area contributed by atoms with Crippen LogP contribution in [0.2, 0.25) is 13.6 Å². The van der Waals surface area contributed by atoms with Gasteiger partial charge in [-0.2, -0.15) is 0 Å². The summed E-state index contributed by atoms with van der Waals surface area (Å²) < 4.78 is 0. The molecule has 0 aromatic heterocycles. The minimum absolute atomic E-state index is 0. The zero-order chi connectivity index (χ0) is 41.0. The van der Waals surface area contributed by atoms with Gasteiger partial charge in [-0.15, -0.1) is 5.60 Å². The molecular weight excluding hydrogens is 737 g/mol. The second-order valence-corrected chi connectivity index (χ2v) is 16.8. The number of hydrogen-bond donors (Lipinski definition) is 3. The molecule has 4 fully saturated rings. The zero-order valence-electron chi connectivity index (χ0n) is 35.6. The fraction of sp³-hybridized carbons (Fsp3) is 0.600. The van der Waals surface area contributed by atoms with Gasteiger partial charge in [0.1, 0.15) is 11.1 Å². The average molecular weight is 799 g/mol. The number of amides is 6. The van der Waals surface area contributed by atoms with Gasteiger partial charge in [0.2, 0.25) is 0 Å². The van der Waals surface area contributed by atoms with Gasteiger partial charge in [-0.05, 0) is 111 Å². The predicted molar refractivity (Wildman–Crippen MR) is 214 cm³/mol. The summed E-state index contributed by atoms with van der Waals surface area (Å²) in [6, 6.07) is 11.7. The maximum atomic E-state index is 13.3. The molecule has 0 saturated carbocycles. The fourth-order valence-electron chi connectivity index (χ4n) is 8.23. The third-order valence-corrected chi connectivity index (χ3v) is 10.8. The van der Waals surface area contributed by atoms with Crippen LogP contribution < -0.4 is 61.8 Å². The van der Waals surface area contributed by atoms with Gasteiger partial charge < -0.3 is 35.0 Å². The van der Waals surface area contributed by atoms with Crippen molar-refractivity contribution in [3.05, 3.63) is 69.8 Å². The topological polar surface area (TPSA) is 160 Å². The number of nitrogens with one attached hydrogen (secondary N) is 1. The van der Waals surface area contributed by atoms with Crippen LogP contribution in [0.1, 0.15) is 86.8 Å². The van der Waals surface area contributed by atoms with E-state index in [1.165, 1.54) is 9.80 Å². The first-order chi connectivity index (χ1) is 25.6. The van der Waals surface area contributed by atoms with E-state index < -0.39 is 30.8 Å². The van der Waals surface area contributed by atoms with Crippen molar-refractivity contribution in [2.45, 2.75) is 124 Å². The Labute approximate surface area is 377 Å². The molecule has 2 spiro atoms. The number of rotatable bonds is 7. The molecule has 6 rings (SSSR count). The van der Waals surface area contributed by atoms with Gasteiger partial charge in [-0.1, -0.05) is 79.4 Å². The Hall–Kier alpha value is -2.11. The monoisotopic (exact) mass is 798 g/mol. The van der Waals surface area contributed by atoms with Crippen LogP contribution in [-0.2, 0) is 22.7 Å². The van der Waals surface area contributed by atoms with E-state index in [9.17, 15) is 34.3 Å². The van der Waals surface area contributed by atoms with Crippen LogP contribution in [0, 0.1) is 27.7 Å². The predicted octanol–water partition coefficient (Wildman–Crippen LogP) is 0.482. The minimum Gasteiger partial charge on any atom is -0.850 e. The number of carbonyl (C=O) groups is 4. The maximum absolute atomic E-state index is 13.3. The first-order valence-corrected chi connectivity index (χ1v) is 19.6. The Kier molecular flexibility index (Phi) is 17.0. The Morgan fingerprint density at radius 3 is 1.45 bits per heavy atom. The van der Waals surface area contributed by atoms with E-state index in [0.29, 0.717) is 71.5 Å². The van der Waals surface area contributed by atoms with Crippen molar-refractivity contribution in [3.63, 3.8) is 0 Å². The number of nitrogens with zero attached hydrogens (tertiary/aromatic N) is 5. The molecule has 0 atom stereocenters. The molecule has 6 amide bonds. The summed E-state index contributed by atoms with van der Waals surface area (Å²) in [7, 11) is -1.05. The molecule has 0 aliphatic carbocycles. The Balaban J connectivity index is 0.000000265. The van der Waals surface area contributed by atoms with E-state index in [1.807, 2.05) is 68.5 Å². The summed E-state index contributed by atoms with van der Waals surface area (Å²) in [5, 5.41) is 32.5. The molecule has 16 heteroatoms. The summed E-state index contributed by atoms with van der Waals surface area (Å²) >= 11 is 0. The number of urea groups is 2. The van der Waals surface area contributed by atoms with Crippen molar-refractivity contribution in [1.82, 2.24) is 29.6 Å². The van der Waals surface area contributed by atoms with Gasteiger partial charge in [-0.25, -0.2) is 9.59 Å². The number of aryl methyl sites for hydroxylation is 4. The molecule has 56 heavy (non-hydrogen) atoms. The van der Waals surface area contributed by atoms with Gasteiger partial charge in [-0.3, -0.25) is 19.4 Å². The number of imide groups is 2. The van der Waals surface area contributed by atoms with Gasteiger partial charge in [0.25, 0.3) is 11.8 Å². The van der Waals surface area contributed by atoms with Crippen LogP contribution in [0.5, 0.6) is 0 Å². The fourth-order valence-corrected chi connectivity index (χ4v) is 8.23. The van der Waals surface area contributed by atoms with Crippen molar-refractivity contribution >= 4 is 38.0 Å². The summed E-state index contributed by atoms with van der Waals surface area (Å²) in [5.74, 6) is -0.231. The summed E-state index contributed by atoms with van der Waals surface area (Å²) in [6.45, 7) is 21.9. The van der Waals surface area contributed by atoms with Crippen LogP contribution in [0.15, 0.2) is 36.4 Å². The number of carbonyl (C=O) groups excluding carboxylic acids is 4. The van der Waals surface area contributed by atoms with Gasteiger partial charge in [0.05, 0.1) is 13.1 Å². The van der Waals surface area contributed by atoms with E-state index in [1.54, 1.807) is 39.3 Å². The molecular formula is C40H61B2KN6O7. The van der Waals surface area contributed by atoms with Gasteiger partial charge in [0.15, 0.2) is 0 Å². The number of likely N-dealkylation sites (N-methyl/N-ethyl adjacent to an activating group) is 1. The van der Waals surface area contributed by atoms with Gasteiger partial charge in [0, 0.05) is 6.54 Å². The van der Waals surface area contributed by atoms with Crippen molar-refractivity contribution in [1.29, 1.82) is 0 Å². The first-order valence-electron chi connectivity index (χ1n) is 19.6. The molecule has 300 valence electrons. The standard InChI is InChI=1S/C19H28BN3O3.C17H24BN3O3.C4H9O.K/c1-5-23-18(25)22(13-16-11-14(2)10-15(3)12-16)17(24)19(23)6-8-21(9-7-19)20(4)26;1-12-8-13(2)10-14(9-12)11-21-15(22)17(19-16(21)23)4-6-20(7-5-17)18(3)24;1-4(2,3)5;/h10-12,26H,5-9,13H2,1-4H3;8-10,24H,4-7,11H2,1-3H3,(H,19,23);1-3H3;/q;;-1;+1. The average Bonchev–Trinajstić information content (AvgIpc) is 3.40. The van der Waals surface area contributed by atoms with Crippen LogP contribution in [0.3, 0.4) is 0 Å². The second kappa shape index (κ2) is 19.8. The van der Waals surface area contributed by atoms with Crippen molar-refractivity contribution in [2.75, 3.05) is 32.7 Å². The number of hydrogen-bond acceptors (Lipinski definition) is 9. The molecule has 4 heterocycles. The minimum atomic E-state index is -0.804. The number of piperidine rings is 2. The van der Waals surface area contributed by atoms with E-state index in [-0.39, 0.29) is 75.3 Å². The SMILES string of the molecule is CB(O)N1CCC2(CC1)NC(=O)N(Cc1cc(C)cc(C)c1)C2=O.CC(C)(C)[O-].CCN1C(=O)N(Cc2cc(C)cc(C)c2)C(=O)C12CCN(B(C)O)CC2.[K+]. The zero-order valence-corrected chi connectivity index (χ0v) is 38.7. The molecule has 0 unspecified atom stereocenters. The van der Waals surface area contributed by atoms with Crippen molar-refractivity contribution in [2.24, 2.45) is 0 Å². The molecule has 0 radical (unpaired) electrons. The Bertz CT molecular complexity index is 1680. The molecule has 2 aromatic carbocycles. The van der Waals surface area contributed by atoms with E-state index in [0.717, 1.165) is 33.4 Å². The van der Waals surface area contributed by atoms with Crippen LogP contribution in [0.4, 0.5) is 9.59 Å². The molecule has 4 aliphatic heterocycles. The molecule has 4 saturated heterocycles. The molecule has 3 N–H and O–H groups in total. The molecule has 13 nitrogen and oxygen atoms in total. The van der Waals surface area contributed by atoms with Crippen molar-refractivity contribution in [3.8, 4) is 0 Å². The Morgan fingerprint density at radius 2 is 1.07 bits per heavy atom. The molecule has 4 aliphatic rings. The summed E-state index contributed by atoms with van der Waals surface area (Å²) in [5.41, 5.74) is 4.15. The largest absolute Gasteiger partial charge is 1.00 e. The first kappa shape index (κ1) is 48.3. The number of benzene rings is 2. The third-order valence-electron chi connectivity index (χ3n) is 10.8. The smallest absolute Gasteiger partial charge is 0.850 e. The second-order valence-electron chi connectivity index (χ2n) is 16.8. The maximum Gasteiger partial charge on any atom is 1.00 e. The quantitative estimate of drug-likeness (QED) is 0.268. The normalized spacial score (nSPS) is 19.3. The van der Waals surface area contributed by atoms with Crippen molar-refractivity contribution < 1.29 is 85.7 Å².